The Morgan fingerprint density at radius 3 is 2.43 bits per heavy atom. The summed E-state index contributed by atoms with van der Waals surface area (Å²) in [7, 11) is 2.90. The van der Waals surface area contributed by atoms with Crippen LogP contribution in [0.15, 0.2) is 42.5 Å². The average molecular weight is 287 g/mol. The van der Waals surface area contributed by atoms with Crippen molar-refractivity contribution in [2.24, 2.45) is 0 Å². The summed E-state index contributed by atoms with van der Waals surface area (Å²) in [5.41, 5.74) is 2.10. The molecule has 0 unspecified atom stereocenters. The summed E-state index contributed by atoms with van der Waals surface area (Å²) in [4.78, 5) is 11.3. The fraction of sp³-hybridized carbons (Fsp3) is 0.188. The lowest BCUT2D eigenvalue weighted by atomic mass is 10.1. The van der Waals surface area contributed by atoms with Gasteiger partial charge in [0.15, 0.2) is 0 Å². The first-order chi connectivity index (χ1) is 10.1. The molecule has 5 nitrogen and oxygen atoms in total. The Morgan fingerprint density at radius 1 is 1.14 bits per heavy atom. The Labute approximate surface area is 123 Å². The number of nitrogens with one attached hydrogen (secondary N) is 1. The van der Waals surface area contributed by atoms with Crippen LogP contribution in [0.1, 0.15) is 15.9 Å². The highest BCUT2D eigenvalue weighted by atomic mass is 16.5. The van der Waals surface area contributed by atoms with Crippen LogP contribution in [-0.2, 0) is 11.3 Å². The normalized spacial score (nSPS) is 10.0. The van der Waals surface area contributed by atoms with Gasteiger partial charge in [0, 0.05) is 23.9 Å². The standard InChI is InChI=1S/C16H17NO4/c1-20-14-8-5-12(15(18)9-14)10-17-13-6-3-11(4-7-13)16(19)21-2/h3-9,17-18H,10H2,1-2H3. The summed E-state index contributed by atoms with van der Waals surface area (Å²) < 4.78 is 9.67. The minimum atomic E-state index is -0.366. The number of carbonyl (C=O) groups excluding carboxylic acids is 1. The van der Waals surface area contributed by atoms with Crippen molar-refractivity contribution in [1.82, 2.24) is 0 Å². The Kier molecular flexibility index (Phi) is 4.66. The molecule has 0 saturated heterocycles. The second-order valence-electron chi connectivity index (χ2n) is 4.42. The Morgan fingerprint density at radius 2 is 1.86 bits per heavy atom. The van der Waals surface area contributed by atoms with E-state index in [2.05, 4.69) is 10.1 Å². The van der Waals surface area contributed by atoms with E-state index < -0.39 is 0 Å². The van der Waals surface area contributed by atoms with Gasteiger partial charge in [-0.15, -0.1) is 0 Å². The van der Waals surface area contributed by atoms with Crippen molar-refractivity contribution in [3.8, 4) is 11.5 Å². The van der Waals surface area contributed by atoms with Crippen molar-refractivity contribution in [3.63, 3.8) is 0 Å². The zero-order valence-corrected chi connectivity index (χ0v) is 11.9. The van der Waals surface area contributed by atoms with E-state index in [0.29, 0.717) is 17.9 Å². The zero-order chi connectivity index (χ0) is 15.2. The Hall–Kier alpha value is -2.69. The fourth-order valence-corrected chi connectivity index (χ4v) is 1.86. The molecule has 2 N–H and O–H groups in total. The van der Waals surface area contributed by atoms with E-state index in [4.69, 9.17) is 4.74 Å². The van der Waals surface area contributed by atoms with Crippen molar-refractivity contribution < 1.29 is 19.4 Å². The van der Waals surface area contributed by atoms with Gasteiger partial charge in [0.1, 0.15) is 11.5 Å². The molecule has 110 valence electrons. The molecule has 0 heterocycles. The van der Waals surface area contributed by atoms with E-state index in [1.165, 1.54) is 7.11 Å². The third-order valence-corrected chi connectivity index (χ3v) is 3.08. The van der Waals surface area contributed by atoms with Gasteiger partial charge >= 0.3 is 5.97 Å². The number of ether oxygens (including phenoxy) is 2. The minimum absolute atomic E-state index is 0.174. The summed E-state index contributed by atoms with van der Waals surface area (Å²) in [6, 6.07) is 12.1. The lowest BCUT2D eigenvalue weighted by Gasteiger charge is -2.10. The lowest BCUT2D eigenvalue weighted by Crippen LogP contribution is -2.03. The molecule has 2 rings (SSSR count). The van der Waals surface area contributed by atoms with Gasteiger partial charge in [-0.05, 0) is 36.4 Å². The first-order valence-corrected chi connectivity index (χ1v) is 6.42. The first-order valence-electron chi connectivity index (χ1n) is 6.42. The van der Waals surface area contributed by atoms with Gasteiger partial charge in [0.25, 0.3) is 0 Å². The molecule has 0 amide bonds. The first kappa shape index (κ1) is 14.7. The number of phenols is 1. The molecule has 0 bridgehead atoms. The highest BCUT2D eigenvalue weighted by Gasteiger charge is 2.05. The summed E-state index contributed by atoms with van der Waals surface area (Å²) in [5.74, 6) is 0.418. The van der Waals surface area contributed by atoms with E-state index in [0.717, 1.165) is 11.3 Å². The predicted molar refractivity (Wildman–Crippen MR) is 79.8 cm³/mol. The number of hydrogen-bond donors (Lipinski definition) is 2. The largest absolute Gasteiger partial charge is 0.507 e. The molecule has 0 atom stereocenters. The quantitative estimate of drug-likeness (QED) is 0.828. The SMILES string of the molecule is COC(=O)c1ccc(NCc2ccc(OC)cc2O)cc1. The Balaban J connectivity index is 2.01. The van der Waals surface area contributed by atoms with E-state index >= 15 is 0 Å². The summed E-state index contributed by atoms with van der Waals surface area (Å²) >= 11 is 0. The molecular formula is C16H17NO4. The third-order valence-electron chi connectivity index (χ3n) is 3.08. The van der Waals surface area contributed by atoms with Crippen LogP contribution in [0.5, 0.6) is 11.5 Å². The summed E-state index contributed by atoms with van der Waals surface area (Å²) in [6.07, 6.45) is 0. The second-order valence-corrected chi connectivity index (χ2v) is 4.42. The van der Waals surface area contributed by atoms with Gasteiger partial charge in [-0.25, -0.2) is 4.79 Å². The van der Waals surface area contributed by atoms with Crippen molar-refractivity contribution in [3.05, 3.63) is 53.6 Å². The van der Waals surface area contributed by atoms with Crippen molar-refractivity contribution in [2.75, 3.05) is 19.5 Å². The monoisotopic (exact) mass is 287 g/mol. The second kappa shape index (κ2) is 6.65. The molecule has 0 aromatic heterocycles. The van der Waals surface area contributed by atoms with Gasteiger partial charge < -0.3 is 19.9 Å². The smallest absolute Gasteiger partial charge is 0.337 e. The van der Waals surface area contributed by atoms with Crippen LogP contribution in [-0.4, -0.2) is 25.3 Å². The van der Waals surface area contributed by atoms with E-state index in [-0.39, 0.29) is 11.7 Å². The maximum atomic E-state index is 11.3. The molecule has 0 fully saturated rings. The molecule has 0 aliphatic carbocycles. The van der Waals surface area contributed by atoms with Gasteiger partial charge in [0.05, 0.1) is 19.8 Å². The molecular weight excluding hydrogens is 270 g/mol. The molecule has 0 spiro atoms. The molecule has 0 aliphatic rings. The van der Waals surface area contributed by atoms with Crippen LogP contribution in [0.4, 0.5) is 5.69 Å². The third kappa shape index (κ3) is 3.66. The van der Waals surface area contributed by atoms with E-state index in [1.54, 1.807) is 49.6 Å². The molecule has 0 radical (unpaired) electrons. The lowest BCUT2D eigenvalue weighted by molar-refractivity contribution is 0.0601. The molecule has 2 aromatic rings. The minimum Gasteiger partial charge on any atom is -0.507 e. The number of hydrogen-bond acceptors (Lipinski definition) is 5. The molecule has 2 aromatic carbocycles. The van der Waals surface area contributed by atoms with Gasteiger partial charge in [0.2, 0.25) is 0 Å². The molecule has 21 heavy (non-hydrogen) atoms. The predicted octanol–water partition coefficient (Wildman–Crippen LogP) is 2.80. The summed E-state index contributed by atoms with van der Waals surface area (Å²) in [6.45, 7) is 0.466. The number of esters is 1. The van der Waals surface area contributed by atoms with Crippen LogP contribution in [0.25, 0.3) is 0 Å². The maximum absolute atomic E-state index is 11.3. The number of rotatable bonds is 5. The number of anilines is 1. The number of aromatic hydroxyl groups is 1. The topological polar surface area (TPSA) is 67.8 Å². The van der Waals surface area contributed by atoms with Gasteiger partial charge in [-0.2, -0.15) is 0 Å². The van der Waals surface area contributed by atoms with Crippen molar-refractivity contribution in [1.29, 1.82) is 0 Å². The number of phenolic OH excluding ortho intramolecular Hbond substituents is 1. The maximum Gasteiger partial charge on any atom is 0.337 e. The van der Waals surface area contributed by atoms with Crippen LogP contribution in [0.2, 0.25) is 0 Å². The van der Waals surface area contributed by atoms with E-state index in [9.17, 15) is 9.90 Å². The van der Waals surface area contributed by atoms with Crippen LogP contribution in [0.3, 0.4) is 0 Å². The number of carbonyl (C=O) groups is 1. The van der Waals surface area contributed by atoms with Gasteiger partial charge in [-0.3, -0.25) is 0 Å². The number of methoxy groups -OCH3 is 2. The highest BCUT2D eigenvalue weighted by Crippen LogP contribution is 2.24. The highest BCUT2D eigenvalue weighted by molar-refractivity contribution is 5.89. The fourth-order valence-electron chi connectivity index (χ4n) is 1.86. The Bertz CT molecular complexity index is 623. The molecule has 5 heteroatoms. The molecule has 0 aliphatic heterocycles. The number of benzene rings is 2. The molecule has 0 saturated carbocycles. The zero-order valence-electron chi connectivity index (χ0n) is 11.9. The average Bonchev–Trinajstić information content (AvgIpc) is 2.53. The van der Waals surface area contributed by atoms with Crippen LogP contribution >= 0.6 is 0 Å². The van der Waals surface area contributed by atoms with Crippen LogP contribution < -0.4 is 10.1 Å². The van der Waals surface area contributed by atoms with Crippen molar-refractivity contribution in [2.45, 2.75) is 6.54 Å². The van der Waals surface area contributed by atoms with Gasteiger partial charge in [-0.1, -0.05) is 0 Å². The summed E-state index contributed by atoms with van der Waals surface area (Å²) in [5, 5.41) is 13.0. The van der Waals surface area contributed by atoms with Crippen molar-refractivity contribution >= 4 is 11.7 Å². The van der Waals surface area contributed by atoms with E-state index in [1.807, 2.05) is 0 Å². The van der Waals surface area contributed by atoms with Crippen LogP contribution in [0, 0.1) is 0 Å².